The third-order valence-electron chi connectivity index (χ3n) is 3.75. The molecule has 8 nitrogen and oxygen atoms in total. The maximum atomic E-state index is 12.2. The first-order valence-electron chi connectivity index (χ1n) is 7.87. The summed E-state index contributed by atoms with van der Waals surface area (Å²) >= 11 is 0. The molecule has 1 saturated heterocycles. The summed E-state index contributed by atoms with van der Waals surface area (Å²) in [7, 11) is -2.38. The minimum Gasteiger partial charge on any atom is -0.452 e. The van der Waals surface area contributed by atoms with E-state index < -0.39 is 22.6 Å². The van der Waals surface area contributed by atoms with Crippen molar-refractivity contribution in [1.82, 2.24) is 9.62 Å². The van der Waals surface area contributed by atoms with Crippen LogP contribution in [0.3, 0.4) is 0 Å². The molecule has 2 atom stereocenters. The van der Waals surface area contributed by atoms with Crippen molar-refractivity contribution in [2.45, 2.75) is 31.0 Å². The van der Waals surface area contributed by atoms with Crippen LogP contribution in [0.4, 0.5) is 0 Å². The normalized spacial score (nSPS) is 21.0. The Morgan fingerprint density at radius 2 is 1.92 bits per heavy atom. The first kappa shape index (κ1) is 19.4. The lowest BCUT2D eigenvalue weighted by Crippen LogP contribution is -2.49. The summed E-state index contributed by atoms with van der Waals surface area (Å²) in [6.07, 6.45) is -0.154. The Morgan fingerprint density at radius 3 is 2.52 bits per heavy atom. The monoisotopic (exact) mass is 370 g/mol. The van der Waals surface area contributed by atoms with E-state index in [9.17, 15) is 18.0 Å². The molecule has 1 heterocycles. The van der Waals surface area contributed by atoms with E-state index >= 15 is 0 Å². The van der Waals surface area contributed by atoms with E-state index in [1.807, 2.05) is 13.8 Å². The highest BCUT2D eigenvalue weighted by atomic mass is 32.2. The van der Waals surface area contributed by atoms with Crippen molar-refractivity contribution < 1.29 is 27.5 Å². The molecule has 2 rings (SSSR count). The predicted molar refractivity (Wildman–Crippen MR) is 89.6 cm³/mol. The van der Waals surface area contributed by atoms with E-state index in [0.29, 0.717) is 13.1 Å². The van der Waals surface area contributed by atoms with Gasteiger partial charge in [-0.3, -0.25) is 4.79 Å². The molecule has 25 heavy (non-hydrogen) atoms. The topological polar surface area (TPSA) is 102 Å². The standard InChI is InChI=1S/C16H22N2O6S/c1-11-8-18(9-12(2)24-11)15(19)10-23-16(20)13-5-4-6-14(7-13)25(21,22)17-3/h4-7,11-12,17H,8-10H2,1-3H3/t11-,12+. The van der Waals surface area contributed by atoms with Crippen LogP contribution in [0.25, 0.3) is 0 Å². The molecule has 0 saturated carbocycles. The number of amides is 1. The number of esters is 1. The van der Waals surface area contributed by atoms with Gasteiger partial charge in [-0.05, 0) is 39.1 Å². The third-order valence-corrected chi connectivity index (χ3v) is 5.16. The van der Waals surface area contributed by atoms with Crippen molar-refractivity contribution in [3.63, 3.8) is 0 Å². The third kappa shape index (κ3) is 5.00. The molecule has 1 N–H and O–H groups in total. The molecule has 138 valence electrons. The predicted octanol–water partition coefficient (Wildman–Crippen LogP) is 0.387. The van der Waals surface area contributed by atoms with Gasteiger partial charge in [0.2, 0.25) is 10.0 Å². The van der Waals surface area contributed by atoms with E-state index in [-0.39, 0.29) is 28.6 Å². The minimum absolute atomic E-state index is 0.0494. The molecule has 1 aromatic carbocycles. The Bertz CT molecular complexity index is 739. The molecule has 0 unspecified atom stereocenters. The summed E-state index contributed by atoms with van der Waals surface area (Å²) in [6.45, 7) is 4.22. The number of hydrogen-bond acceptors (Lipinski definition) is 6. The zero-order valence-electron chi connectivity index (χ0n) is 14.4. The molecular formula is C16H22N2O6S. The van der Waals surface area contributed by atoms with Gasteiger partial charge in [0, 0.05) is 13.1 Å². The average molecular weight is 370 g/mol. The van der Waals surface area contributed by atoms with Crippen molar-refractivity contribution in [3.05, 3.63) is 29.8 Å². The van der Waals surface area contributed by atoms with Crippen LogP contribution in [0.15, 0.2) is 29.2 Å². The molecule has 0 bridgehead atoms. The van der Waals surface area contributed by atoms with Gasteiger partial charge in [0.15, 0.2) is 6.61 Å². The Morgan fingerprint density at radius 1 is 1.28 bits per heavy atom. The van der Waals surface area contributed by atoms with Crippen molar-refractivity contribution in [2.75, 3.05) is 26.7 Å². The van der Waals surface area contributed by atoms with Gasteiger partial charge in [0.25, 0.3) is 5.91 Å². The quantitative estimate of drug-likeness (QED) is 0.752. The second kappa shape index (κ2) is 7.94. The Kier molecular flexibility index (Phi) is 6.15. The SMILES string of the molecule is CNS(=O)(=O)c1cccc(C(=O)OCC(=O)N2C[C@@H](C)O[C@@H](C)C2)c1. The van der Waals surface area contributed by atoms with Gasteiger partial charge >= 0.3 is 5.97 Å². The van der Waals surface area contributed by atoms with Gasteiger partial charge < -0.3 is 14.4 Å². The molecular weight excluding hydrogens is 348 g/mol. The summed E-state index contributed by atoms with van der Waals surface area (Å²) in [6, 6.07) is 5.44. The smallest absolute Gasteiger partial charge is 0.338 e. The molecule has 1 amide bonds. The zero-order valence-corrected chi connectivity index (χ0v) is 15.2. The van der Waals surface area contributed by atoms with Crippen LogP contribution in [0.2, 0.25) is 0 Å². The maximum Gasteiger partial charge on any atom is 0.338 e. The van der Waals surface area contributed by atoms with Gasteiger partial charge in [-0.25, -0.2) is 17.9 Å². The second-order valence-corrected chi connectivity index (χ2v) is 7.75. The fourth-order valence-electron chi connectivity index (χ4n) is 2.59. The van der Waals surface area contributed by atoms with Gasteiger partial charge in [0.1, 0.15) is 0 Å². The summed E-state index contributed by atoms with van der Waals surface area (Å²) in [5, 5.41) is 0. The van der Waals surface area contributed by atoms with Gasteiger partial charge in [-0.1, -0.05) is 6.07 Å². The highest BCUT2D eigenvalue weighted by Crippen LogP contribution is 2.13. The molecule has 0 aromatic heterocycles. The molecule has 1 aliphatic heterocycles. The number of nitrogens with one attached hydrogen (secondary N) is 1. The van der Waals surface area contributed by atoms with Crippen LogP contribution in [0.5, 0.6) is 0 Å². The summed E-state index contributed by atoms with van der Waals surface area (Å²) in [4.78, 5) is 25.8. The fourth-order valence-corrected chi connectivity index (χ4v) is 3.37. The Balaban J connectivity index is 1.98. The fraction of sp³-hybridized carbons (Fsp3) is 0.500. The summed E-state index contributed by atoms with van der Waals surface area (Å²) < 4.78 is 36.3. The number of nitrogens with zero attached hydrogens (tertiary/aromatic N) is 1. The van der Waals surface area contributed by atoms with Crippen LogP contribution in [0, 0.1) is 0 Å². The van der Waals surface area contributed by atoms with Crippen molar-refractivity contribution in [3.8, 4) is 0 Å². The van der Waals surface area contributed by atoms with Gasteiger partial charge in [0.05, 0.1) is 22.7 Å². The molecule has 0 spiro atoms. The highest BCUT2D eigenvalue weighted by Gasteiger charge is 2.26. The van der Waals surface area contributed by atoms with Crippen molar-refractivity contribution in [2.24, 2.45) is 0 Å². The van der Waals surface area contributed by atoms with E-state index in [1.54, 1.807) is 4.90 Å². The van der Waals surface area contributed by atoms with Crippen LogP contribution < -0.4 is 4.72 Å². The first-order chi connectivity index (χ1) is 11.7. The number of carbonyl (C=O) groups is 2. The van der Waals surface area contributed by atoms with Crippen LogP contribution in [0.1, 0.15) is 24.2 Å². The van der Waals surface area contributed by atoms with E-state index in [2.05, 4.69) is 4.72 Å². The summed E-state index contributed by atoms with van der Waals surface area (Å²) in [5.74, 6) is -1.06. The number of benzene rings is 1. The lowest BCUT2D eigenvalue weighted by Gasteiger charge is -2.35. The molecule has 9 heteroatoms. The molecule has 1 aliphatic rings. The highest BCUT2D eigenvalue weighted by molar-refractivity contribution is 7.89. The van der Waals surface area contributed by atoms with E-state index in [4.69, 9.17) is 9.47 Å². The second-order valence-electron chi connectivity index (χ2n) is 5.87. The lowest BCUT2D eigenvalue weighted by atomic mass is 10.2. The maximum absolute atomic E-state index is 12.2. The molecule has 1 aromatic rings. The van der Waals surface area contributed by atoms with Crippen LogP contribution in [-0.2, 0) is 24.3 Å². The minimum atomic E-state index is -3.66. The van der Waals surface area contributed by atoms with E-state index in [1.165, 1.54) is 31.3 Å². The van der Waals surface area contributed by atoms with Gasteiger partial charge in [-0.15, -0.1) is 0 Å². The largest absolute Gasteiger partial charge is 0.452 e. The number of rotatable bonds is 5. The Labute approximate surface area is 147 Å². The molecule has 0 aliphatic carbocycles. The zero-order chi connectivity index (χ0) is 18.6. The number of carbonyl (C=O) groups excluding carboxylic acids is 2. The Hall–Kier alpha value is -1.97. The molecule has 0 radical (unpaired) electrons. The van der Waals surface area contributed by atoms with E-state index in [0.717, 1.165) is 0 Å². The molecule has 1 fully saturated rings. The number of ether oxygens (including phenoxy) is 2. The van der Waals surface area contributed by atoms with Crippen LogP contribution in [-0.4, -0.2) is 64.1 Å². The summed E-state index contributed by atoms with van der Waals surface area (Å²) in [5.41, 5.74) is 0.0628. The average Bonchev–Trinajstić information content (AvgIpc) is 2.58. The lowest BCUT2D eigenvalue weighted by molar-refractivity contribution is -0.146. The number of hydrogen-bond donors (Lipinski definition) is 1. The number of sulfonamides is 1. The first-order valence-corrected chi connectivity index (χ1v) is 9.35. The van der Waals surface area contributed by atoms with Crippen LogP contribution >= 0.6 is 0 Å². The van der Waals surface area contributed by atoms with Crippen molar-refractivity contribution >= 4 is 21.9 Å². The van der Waals surface area contributed by atoms with Crippen molar-refractivity contribution in [1.29, 1.82) is 0 Å². The number of morpholine rings is 1. The van der Waals surface area contributed by atoms with Gasteiger partial charge in [-0.2, -0.15) is 0 Å².